The first-order valence-electron chi connectivity index (χ1n) is 15.0. The number of thiazole rings is 1. The van der Waals surface area contributed by atoms with Crippen molar-refractivity contribution in [2.24, 2.45) is 4.99 Å². The Morgan fingerprint density at radius 2 is 1.72 bits per heavy atom. The van der Waals surface area contributed by atoms with E-state index in [4.69, 9.17) is 19.2 Å². The number of ether oxygens (including phenoxy) is 3. The summed E-state index contributed by atoms with van der Waals surface area (Å²) in [6.45, 7) is 4.37. The largest absolute Gasteiger partial charge is 0.494 e. The lowest BCUT2D eigenvalue weighted by Crippen LogP contribution is -2.40. The third-order valence-electron chi connectivity index (χ3n) is 7.62. The Morgan fingerprint density at radius 3 is 2.43 bits per heavy atom. The van der Waals surface area contributed by atoms with Crippen LogP contribution in [0.15, 0.2) is 118 Å². The van der Waals surface area contributed by atoms with E-state index in [-0.39, 0.29) is 23.9 Å². The summed E-state index contributed by atoms with van der Waals surface area (Å²) in [5, 5.41) is 2.97. The van der Waals surface area contributed by atoms with Gasteiger partial charge in [-0.15, -0.1) is 0 Å². The SMILES string of the molecule is CCOc1ccc([C@H]2C(C(=O)Nc3ccccc3)=C(C)N=c3s/c(=C\c4cccc(OC)c4OCc4ccc(F)cc4)c(=O)n32)cc1. The second-order valence-corrected chi connectivity index (χ2v) is 11.7. The molecule has 0 unspecified atom stereocenters. The predicted molar refractivity (Wildman–Crippen MR) is 180 cm³/mol. The molecule has 0 radical (unpaired) electrons. The van der Waals surface area contributed by atoms with Gasteiger partial charge in [-0.25, -0.2) is 9.38 Å². The van der Waals surface area contributed by atoms with E-state index in [1.165, 1.54) is 23.5 Å². The molecule has 5 aromatic rings. The Hall–Kier alpha value is -5.48. The van der Waals surface area contributed by atoms with Gasteiger partial charge in [0.1, 0.15) is 18.2 Å². The lowest BCUT2D eigenvalue weighted by atomic mass is 9.95. The van der Waals surface area contributed by atoms with Crippen LogP contribution in [0, 0.1) is 5.82 Å². The quantitative estimate of drug-likeness (QED) is 0.201. The number of nitrogens with one attached hydrogen (secondary N) is 1. The minimum absolute atomic E-state index is 0.166. The maximum absolute atomic E-state index is 14.3. The summed E-state index contributed by atoms with van der Waals surface area (Å²) in [4.78, 5) is 33.3. The van der Waals surface area contributed by atoms with Crippen molar-refractivity contribution >= 4 is 29.0 Å². The average molecular weight is 650 g/mol. The van der Waals surface area contributed by atoms with Gasteiger partial charge in [0.15, 0.2) is 16.3 Å². The number of fused-ring (bicyclic) bond motifs is 1. The van der Waals surface area contributed by atoms with Gasteiger partial charge in [-0.05, 0) is 73.5 Å². The number of carbonyl (C=O) groups is 1. The van der Waals surface area contributed by atoms with Gasteiger partial charge < -0.3 is 19.5 Å². The van der Waals surface area contributed by atoms with Crippen molar-refractivity contribution in [1.82, 2.24) is 4.57 Å². The molecule has 1 amide bonds. The van der Waals surface area contributed by atoms with Crippen LogP contribution in [0.5, 0.6) is 17.2 Å². The van der Waals surface area contributed by atoms with E-state index in [9.17, 15) is 14.0 Å². The Kier molecular flexibility index (Phi) is 9.30. The number of halogens is 1. The maximum Gasteiger partial charge on any atom is 0.271 e. The van der Waals surface area contributed by atoms with Crippen molar-refractivity contribution in [3.8, 4) is 17.2 Å². The van der Waals surface area contributed by atoms with Crippen molar-refractivity contribution in [2.75, 3.05) is 19.0 Å². The van der Waals surface area contributed by atoms with Crippen LogP contribution in [0.1, 0.15) is 36.6 Å². The normalized spacial score (nSPS) is 14.3. The van der Waals surface area contributed by atoms with Crippen LogP contribution in [-0.4, -0.2) is 24.2 Å². The zero-order chi connectivity index (χ0) is 32.9. The summed E-state index contributed by atoms with van der Waals surface area (Å²) in [5.74, 6) is 0.922. The van der Waals surface area contributed by atoms with Crippen LogP contribution in [0.3, 0.4) is 0 Å². The number of nitrogens with zero attached hydrogens (tertiary/aromatic N) is 2. The van der Waals surface area contributed by atoms with Crippen LogP contribution in [-0.2, 0) is 11.4 Å². The number of allylic oxidation sites excluding steroid dienone is 1. The molecule has 0 aliphatic carbocycles. The highest BCUT2D eigenvalue weighted by Gasteiger charge is 2.32. The Labute approximate surface area is 274 Å². The minimum Gasteiger partial charge on any atom is -0.494 e. The van der Waals surface area contributed by atoms with Crippen molar-refractivity contribution in [3.05, 3.63) is 151 Å². The van der Waals surface area contributed by atoms with Crippen LogP contribution in [0.4, 0.5) is 10.1 Å². The van der Waals surface area contributed by atoms with Gasteiger partial charge in [0.05, 0.1) is 35.6 Å². The van der Waals surface area contributed by atoms with E-state index in [0.717, 1.165) is 11.1 Å². The molecule has 0 saturated carbocycles. The topological polar surface area (TPSA) is 91.2 Å². The number of methoxy groups -OCH3 is 1. The predicted octanol–water partition coefficient (Wildman–Crippen LogP) is 6.00. The zero-order valence-electron chi connectivity index (χ0n) is 26.0. The maximum atomic E-state index is 14.3. The molecule has 1 atom stereocenters. The summed E-state index contributed by atoms with van der Waals surface area (Å²) in [5.41, 5.74) is 3.32. The Balaban J connectivity index is 1.45. The zero-order valence-corrected chi connectivity index (χ0v) is 26.8. The lowest BCUT2D eigenvalue weighted by molar-refractivity contribution is -0.113. The summed E-state index contributed by atoms with van der Waals surface area (Å²) >= 11 is 1.23. The van der Waals surface area contributed by atoms with Gasteiger partial charge in [0, 0.05) is 11.3 Å². The molecule has 0 spiro atoms. The first-order chi connectivity index (χ1) is 22.9. The second kappa shape index (κ2) is 13.9. The summed E-state index contributed by atoms with van der Waals surface area (Å²) in [7, 11) is 1.54. The van der Waals surface area contributed by atoms with E-state index in [1.54, 1.807) is 55.0 Å². The van der Waals surface area contributed by atoms with Gasteiger partial charge in [0.25, 0.3) is 11.5 Å². The molecule has 1 aliphatic rings. The van der Waals surface area contributed by atoms with Gasteiger partial charge in [-0.2, -0.15) is 0 Å². The molecule has 10 heteroatoms. The molecular formula is C37H32FN3O5S. The highest BCUT2D eigenvalue weighted by molar-refractivity contribution is 7.07. The Morgan fingerprint density at radius 1 is 0.979 bits per heavy atom. The lowest BCUT2D eigenvalue weighted by Gasteiger charge is -2.25. The van der Waals surface area contributed by atoms with Crippen molar-refractivity contribution in [1.29, 1.82) is 0 Å². The molecule has 4 aromatic carbocycles. The average Bonchev–Trinajstić information content (AvgIpc) is 3.38. The third kappa shape index (κ3) is 6.73. The monoisotopic (exact) mass is 649 g/mol. The van der Waals surface area contributed by atoms with Crippen LogP contribution in [0.2, 0.25) is 0 Å². The summed E-state index contributed by atoms with van der Waals surface area (Å²) < 4.78 is 32.8. The van der Waals surface area contributed by atoms with Gasteiger partial charge in [-0.3, -0.25) is 14.2 Å². The molecular weight excluding hydrogens is 617 g/mol. The van der Waals surface area contributed by atoms with E-state index >= 15 is 0 Å². The molecule has 1 aliphatic heterocycles. The molecule has 238 valence electrons. The molecule has 1 N–H and O–H groups in total. The van der Waals surface area contributed by atoms with Crippen molar-refractivity contribution < 1.29 is 23.4 Å². The van der Waals surface area contributed by atoms with Crippen molar-refractivity contribution in [3.63, 3.8) is 0 Å². The fraction of sp³-hybridized carbons (Fsp3) is 0.162. The molecule has 0 saturated heterocycles. The molecule has 0 bridgehead atoms. The molecule has 2 heterocycles. The summed E-state index contributed by atoms with van der Waals surface area (Å²) in [6, 6.07) is 27.3. The van der Waals surface area contributed by atoms with Crippen LogP contribution >= 0.6 is 11.3 Å². The fourth-order valence-corrected chi connectivity index (χ4v) is 6.44. The number of hydrogen-bond donors (Lipinski definition) is 1. The van der Waals surface area contributed by atoms with Gasteiger partial charge in [0.2, 0.25) is 0 Å². The number of aromatic nitrogens is 1. The minimum atomic E-state index is -0.743. The highest BCUT2D eigenvalue weighted by atomic mass is 32.1. The number of rotatable bonds is 10. The number of anilines is 1. The smallest absolute Gasteiger partial charge is 0.271 e. The van der Waals surface area contributed by atoms with Crippen LogP contribution < -0.4 is 34.4 Å². The molecule has 1 aromatic heterocycles. The number of para-hydroxylation sites is 2. The van der Waals surface area contributed by atoms with Crippen molar-refractivity contribution in [2.45, 2.75) is 26.5 Å². The highest BCUT2D eigenvalue weighted by Crippen LogP contribution is 2.34. The number of carbonyl (C=O) groups excluding carboxylic acids is 1. The Bertz CT molecular complexity index is 2120. The molecule has 0 fully saturated rings. The van der Waals surface area contributed by atoms with E-state index < -0.39 is 6.04 Å². The molecule has 6 rings (SSSR count). The number of benzene rings is 4. The molecule has 8 nitrogen and oxygen atoms in total. The molecule has 47 heavy (non-hydrogen) atoms. The first kappa shape index (κ1) is 31.5. The number of hydrogen-bond acceptors (Lipinski definition) is 7. The van der Waals surface area contributed by atoms with E-state index in [1.807, 2.05) is 61.5 Å². The standard InChI is InChI=1S/C37H32FN3O5S/c1-4-45-29-19-15-25(16-20-29)33-32(35(42)40-28-10-6-5-7-11-28)23(2)39-37-41(33)36(43)31(47-37)21-26-9-8-12-30(44-3)34(26)46-22-24-13-17-27(38)18-14-24/h5-21,33H,4,22H2,1-3H3,(H,40,42)/b31-21-/t33-/m0/s1. The number of amides is 1. The van der Waals surface area contributed by atoms with E-state index in [0.29, 0.717) is 55.7 Å². The fourth-order valence-electron chi connectivity index (χ4n) is 5.40. The summed E-state index contributed by atoms with van der Waals surface area (Å²) in [6.07, 6.45) is 1.74. The van der Waals surface area contributed by atoms with E-state index in [2.05, 4.69) is 5.32 Å². The first-order valence-corrected chi connectivity index (χ1v) is 15.8. The van der Waals surface area contributed by atoms with Crippen LogP contribution in [0.25, 0.3) is 6.08 Å². The van der Waals surface area contributed by atoms with Gasteiger partial charge in [-0.1, -0.05) is 65.9 Å². The van der Waals surface area contributed by atoms with Gasteiger partial charge >= 0.3 is 0 Å². The second-order valence-electron chi connectivity index (χ2n) is 10.7. The third-order valence-corrected chi connectivity index (χ3v) is 8.60.